The highest BCUT2D eigenvalue weighted by Gasteiger charge is 2.12. The number of carbonyl (C=O) groups is 1. The maximum atomic E-state index is 12.6. The Morgan fingerprint density at radius 3 is 2.15 bits per heavy atom. The Bertz CT molecular complexity index is 1030. The summed E-state index contributed by atoms with van der Waals surface area (Å²) in [6, 6.07) is 27.7. The molecule has 4 aromatic rings. The van der Waals surface area contributed by atoms with Gasteiger partial charge in [-0.15, -0.1) is 10.2 Å². The van der Waals surface area contributed by atoms with Gasteiger partial charge in [-0.1, -0.05) is 84.6 Å². The SMILES string of the molecule is O=C(CSc1nncn1-c1ccccc1)c1ccc(-c2ccccc2)cc1. The van der Waals surface area contributed by atoms with Crippen LogP contribution in [0.4, 0.5) is 0 Å². The molecule has 0 aliphatic heterocycles. The highest BCUT2D eigenvalue weighted by molar-refractivity contribution is 7.99. The molecule has 0 atom stereocenters. The minimum absolute atomic E-state index is 0.0715. The molecule has 0 unspecified atom stereocenters. The molecule has 0 bridgehead atoms. The van der Waals surface area contributed by atoms with Gasteiger partial charge in [0.25, 0.3) is 0 Å². The van der Waals surface area contributed by atoms with Crippen molar-refractivity contribution in [2.45, 2.75) is 5.16 Å². The van der Waals surface area contributed by atoms with Gasteiger partial charge >= 0.3 is 0 Å². The first-order valence-corrected chi connectivity index (χ1v) is 9.57. The summed E-state index contributed by atoms with van der Waals surface area (Å²) in [5.74, 6) is 0.387. The van der Waals surface area contributed by atoms with Crippen molar-refractivity contribution in [1.29, 1.82) is 0 Å². The lowest BCUT2D eigenvalue weighted by atomic mass is 10.0. The number of thioether (sulfide) groups is 1. The second-order valence-corrected chi connectivity index (χ2v) is 6.92. The second-order valence-electron chi connectivity index (χ2n) is 5.97. The normalized spacial score (nSPS) is 10.7. The van der Waals surface area contributed by atoms with Crippen LogP contribution in [0.15, 0.2) is 96.4 Å². The van der Waals surface area contributed by atoms with Gasteiger partial charge in [0, 0.05) is 11.3 Å². The minimum atomic E-state index is 0.0715. The third-order valence-electron chi connectivity index (χ3n) is 4.20. The van der Waals surface area contributed by atoms with Gasteiger partial charge in [-0.25, -0.2) is 0 Å². The summed E-state index contributed by atoms with van der Waals surface area (Å²) < 4.78 is 1.89. The summed E-state index contributed by atoms with van der Waals surface area (Å²) in [5, 5.41) is 8.82. The number of Topliss-reactive ketones (excluding diaryl/α,β-unsaturated/α-hetero) is 1. The third-order valence-corrected chi connectivity index (χ3v) is 5.14. The first kappa shape index (κ1) is 17.2. The fourth-order valence-corrected chi connectivity index (χ4v) is 3.60. The molecule has 0 spiro atoms. The van der Waals surface area contributed by atoms with Crippen molar-refractivity contribution in [3.63, 3.8) is 0 Å². The molecule has 4 nitrogen and oxygen atoms in total. The number of para-hydroxylation sites is 1. The summed E-state index contributed by atoms with van der Waals surface area (Å²) in [5.41, 5.74) is 3.92. The molecule has 0 N–H and O–H groups in total. The van der Waals surface area contributed by atoms with Gasteiger partial charge in [0.1, 0.15) is 6.33 Å². The minimum Gasteiger partial charge on any atom is -0.293 e. The summed E-state index contributed by atoms with van der Waals surface area (Å²) in [6.07, 6.45) is 1.66. The topological polar surface area (TPSA) is 47.8 Å². The molecule has 0 aliphatic rings. The summed E-state index contributed by atoms with van der Waals surface area (Å²) in [6.45, 7) is 0. The van der Waals surface area contributed by atoms with E-state index < -0.39 is 0 Å². The van der Waals surface area contributed by atoms with Gasteiger partial charge in [0.2, 0.25) is 0 Å². The van der Waals surface area contributed by atoms with Gasteiger partial charge in [0.15, 0.2) is 10.9 Å². The monoisotopic (exact) mass is 371 g/mol. The number of carbonyl (C=O) groups excluding carboxylic acids is 1. The van der Waals surface area contributed by atoms with Crippen LogP contribution in [0.2, 0.25) is 0 Å². The molecule has 3 aromatic carbocycles. The van der Waals surface area contributed by atoms with E-state index in [1.54, 1.807) is 6.33 Å². The van der Waals surface area contributed by atoms with Crippen LogP contribution in [0.3, 0.4) is 0 Å². The zero-order valence-electron chi connectivity index (χ0n) is 14.5. The van der Waals surface area contributed by atoms with Crippen molar-refractivity contribution in [2.24, 2.45) is 0 Å². The fraction of sp³-hybridized carbons (Fsp3) is 0.0455. The molecule has 0 saturated carbocycles. The lowest BCUT2D eigenvalue weighted by Gasteiger charge is -2.06. The number of hydrogen-bond donors (Lipinski definition) is 0. The third kappa shape index (κ3) is 3.99. The van der Waals surface area contributed by atoms with Crippen LogP contribution >= 0.6 is 11.8 Å². The largest absolute Gasteiger partial charge is 0.293 e. The van der Waals surface area contributed by atoms with Crippen molar-refractivity contribution < 1.29 is 4.79 Å². The van der Waals surface area contributed by atoms with Crippen LogP contribution in [0.1, 0.15) is 10.4 Å². The molecule has 0 fully saturated rings. The van der Waals surface area contributed by atoms with Crippen LogP contribution in [0.25, 0.3) is 16.8 Å². The van der Waals surface area contributed by atoms with Crippen molar-refractivity contribution in [3.05, 3.63) is 96.8 Å². The number of ketones is 1. The Kier molecular flexibility index (Phi) is 5.12. The average molecular weight is 371 g/mol. The highest BCUT2D eigenvalue weighted by Crippen LogP contribution is 2.22. The standard InChI is InChI=1S/C22H17N3OS/c26-21(19-13-11-18(12-14-19)17-7-3-1-4-8-17)15-27-22-24-23-16-25(22)20-9-5-2-6-10-20/h1-14,16H,15H2. The van der Waals surface area contributed by atoms with E-state index >= 15 is 0 Å². The van der Waals surface area contributed by atoms with Crippen molar-refractivity contribution >= 4 is 17.5 Å². The first-order chi connectivity index (χ1) is 13.3. The number of aromatic nitrogens is 3. The Hall–Kier alpha value is -3.18. The van der Waals surface area contributed by atoms with E-state index in [-0.39, 0.29) is 5.78 Å². The van der Waals surface area contributed by atoms with E-state index in [2.05, 4.69) is 22.3 Å². The predicted octanol–water partition coefficient (Wildman–Crippen LogP) is 4.91. The quantitative estimate of drug-likeness (QED) is 0.357. The van der Waals surface area contributed by atoms with E-state index in [9.17, 15) is 4.79 Å². The Labute approximate surface area is 161 Å². The molecule has 0 aliphatic carbocycles. The Morgan fingerprint density at radius 1 is 0.815 bits per heavy atom. The van der Waals surface area contributed by atoms with E-state index in [1.165, 1.54) is 11.8 Å². The van der Waals surface area contributed by atoms with Gasteiger partial charge in [-0.05, 0) is 23.3 Å². The van der Waals surface area contributed by atoms with E-state index in [0.29, 0.717) is 16.5 Å². The van der Waals surface area contributed by atoms with Crippen molar-refractivity contribution in [3.8, 4) is 16.8 Å². The molecule has 1 aromatic heterocycles. The number of benzene rings is 3. The van der Waals surface area contributed by atoms with Crippen LogP contribution in [0.5, 0.6) is 0 Å². The lowest BCUT2D eigenvalue weighted by molar-refractivity contribution is 0.102. The molecule has 5 heteroatoms. The van der Waals surface area contributed by atoms with Gasteiger partial charge < -0.3 is 0 Å². The summed E-state index contributed by atoms with van der Waals surface area (Å²) in [7, 11) is 0. The smallest absolute Gasteiger partial charge is 0.196 e. The molecule has 4 rings (SSSR count). The van der Waals surface area contributed by atoms with Gasteiger partial charge in [-0.2, -0.15) is 0 Å². The summed E-state index contributed by atoms with van der Waals surface area (Å²) >= 11 is 1.39. The number of rotatable bonds is 6. The van der Waals surface area contributed by atoms with Crippen LogP contribution in [0, 0.1) is 0 Å². The van der Waals surface area contributed by atoms with E-state index in [4.69, 9.17) is 0 Å². The van der Waals surface area contributed by atoms with Crippen LogP contribution in [-0.4, -0.2) is 26.3 Å². The maximum Gasteiger partial charge on any atom is 0.196 e. The maximum absolute atomic E-state index is 12.6. The van der Waals surface area contributed by atoms with Gasteiger partial charge in [0.05, 0.1) is 5.75 Å². The average Bonchev–Trinajstić information content (AvgIpc) is 3.22. The zero-order chi connectivity index (χ0) is 18.5. The lowest BCUT2D eigenvalue weighted by Crippen LogP contribution is -2.04. The van der Waals surface area contributed by atoms with Gasteiger partial charge in [-0.3, -0.25) is 9.36 Å². The van der Waals surface area contributed by atoms with E-state index in [0.717, 1.165) is 16.8 Å². The first-order valence-electron chi connectivity index (χ1n) is 8.58. The van der Waals surface area contributed by atoms with E-state index in [1.807, 2.05) is 77.4 Å². The van der Waals surface area contributed by atoms with Crippen LogP contribution in [-0.2, 0) is 0 Å². The van der Waals surface area contributed by atoms with Crippen molar-refractivity contribution in [1.82, 2.24) is 14.8 Å². The number of hydrogen-bond acceptors (Lipinski definition) is 4. The molecule has 0 amide bonds. The Balaban J connectivity index is 1.44. The predicted molar refractivity (Wildman–Crippen MR) is 108 cm³/mol. The fourth-order valence-electron chi connectivity index (χ4n) is 2.78. The number of nitrogens with zero attached hydrogens (tertiary/aromatic N) is 3. The molecule has 27 heavy (non-hydrogen) atoms. The molecule has 0 saturated heterocycles. The summed E-state index contributed by atoms with van der Waals surface area (Å²) in [4.78, 5) is 12.6. The molecular weight excluding hydrogens is 354 g/mol. The van der Waals surface area contributed by atoms with Crippen LogP contribution < -0.4 is 0 Å². The molecular formula is C22H17N3OS. The highest BCUT2D eigenvalue weighted by atomic mass is 32.2. The Morgan fingerprint density at radius 2 is 1.44 bits per heavy atom. The molecule has 1 heterocycles. The zero-order valence-corrected chi connectivity index (χ0v) is 15.3. The molecule has 0 radical (unpaired) electrons. The van der Waals surface area contributed by atoms with Crippen molar-refractivity contribution in [2.75, 3.05) is 5.75 Å². The molecule has 132 valence electrons. The second kappa shape index (κ2) is 8.01.